The lowest BCUT2D eigenvalue weighted by Gasteiger charge is -2.21. The average molecular weight is 615 g/mol. The first kappa shape index (κ1) is 28.6. The van der Waals surface area contributed by atoms with Gasteiger partial charge in [-0.2, -0.15) is 0 Å². The predicted octanol–water partition coefficient (Wildman–Crippen LogP) is 5.41. The molecular weight excluding hydrogens is 592 g/mol. The minimum absolute atomic E-state index is 0.00321. The van der Waals surface area contributed by atoms with Crippen molar-refractivity contribution in [3.8, 4) is 0 Å². The van der Waals surface area contributed by atoms with E-state index < -0.39 is 11.1 Å². The molecule has 4 rings (SSSR count). The van der Waals surface area contributed by atoms with Crippen molar-refractivity contribution in [3.63, 3.8) is 0 Å². The summed E-state index contributed by atoms with van der Waals surface area (Å²) in [7, 11) is 3.63. The van der Waals surface area contributed by atoms with E-state index in [9.17, 15) is 9.59 Å². The van der Waals surface area contributed by atoms with Crippen LogP contribution in [-0.4, -0.2) is 48.9 Å². The summed E-state index contributed by atoms with van der Waals surface area (Å²) in [5.41, 5.74) is 0.340. The summed E-state index contributed by atoms with van der Waals surface area (Å²) >= 11 is 25.9. The van der Waals surface area contributed by atoms with E-state index in [0.29, 0.717) is 33.3 Å². The number of nitrogens with zero attached hydrogens (tertiary/aromatic N) is 7. The molecule has 0 amide bonds. The molecule has 0 saturated carbocycles. The van der Waals surface area contributed by atoms with Crippen LogP contribution < -0.4 is 16.0 Å². The van der Waals surface area contributed by atoms with Gasteiger partial charge in [0.25, 0.3) is 0 Å². The number of aromatic nitrogens is 6. The quantitative estimate of drug-likeness (QED) is 0.0811. The molecule has 200 valence electrons. The van der Waals surface area contributed by atoms with Gasteiger partial charge >= 0.3 is 11.1 Å². The van der Waals surface area contributed by atoms with E-state index in [1.165, 1.54) is 20.9 Å². The lowest BCUT2D eigenvalue weighted by atomic mass is 10.2. The summed E-state index contributed by atoms with van der Waals surface area (Å²) in [6.45, 7) is 2.11. The fourth-order valence-electron chi connectivity index (χ4n) is 3.83. The number of rotatable bonds is 9. The Hall–Kier alpha value is -2.37. The van der Waals surface area contributed by atoms with E-state index >= 15 is 0 Å². The Balaban J connectivity index is 2.02. The summed E-state index contributed by atoms with van der Waals surface area (Å²) in [6, 6.07) is 6.35. The molecule has 0 saturated heterocycles. The molecule has 0 bridgehead atoms. The molecule has 0 atom stereocenters. The number of thioether (sulfide) groups is 1. The zero-order valence-corrected chi connectivity index (χ0v) is 24.6. The molecule has 14 heteroatoms. The molecular formula is C24H23Cl4N7O2S. The first-order chi connectivity index (χ1) is 18.1. The van der Waals surface area contributed by atoms with Gasteiger partial charge < -0.3 is 4.90 Å². The smallest absolute Gasteiger partial charge is 0.318 e. The van der Waals surface area contributed by atoms with Crippen molar-refractivity contribution in [2.75, 3.05) is 24.7 Å². The molecule has 0 unspecified atom stereocenters. The normalized spacial score (nSPS) is 11.3. The van der Waals surface area contributed by atoms with Crippen molar-refractivity contribution in [2.45, 2.75) is 38.0 Å². The molecule has 0 radical (unpaired) electrons. The van der Waals surface area contributed by atoms with Gasteiger partial charge in [0.2, 0.25) is 0 Å². The third kappa shape index (κ3) is 6.43. The van der Waals surface area contributed by atoms with Crippen LogP contribution in [0.15, 0.2) is 39.0 Å². The fraction of sp³-hybridized carbons (Fsp3) is 0.333. The molecule has 0 aromatic carbocycles. The third-order valence-corrected chi connectivity index (χ3v) is 7.21. The molecule has 4 aromatic rings. The summed E-state index contributed by atoms with van der Waals surface area (Å²) in [5.74, 6) is 1.29. The molecule has 4 aromatic heterocycles. The standard InChI is InChI=1S/C24H23Cl4N7O2S/c1-4-5-6-38-24-31-20(33(2)3)19-21(32-24)35(12-14-9-17(27)30-18(28)10-14)23(37)22(36)34(19)11-13-7-15(25)29-16(26)8-13/h7-10H,4-6,11-12H2,1-3H3. The van der Waals surface area contributed by atoms with Crippen LogP contribution >= 0.6 is 58.2 Å². The Bertz CT molecular complexity index is 1580. The molecule has 0 aliphatic rings. The van der Waals surface area contributed by atoms with Crippen LogP contribution in [0.5, 0.6) is 0 Å². The van der Waals surface area contributed by atoms with Crippen LogP contribution in [0.2, 0.25) is 20.6 Å². The van der Waals surface area contributed by atoms with Gasteiger partial charge in [0.15, 0.2) is 16.6 Å². The van der Waals surface area contributed by atoms with Crippen molar-refractivity contribution in [2.24, 2.45) is 0 Å². The Labute approximate surface area is 242 Å². The number of unbranched alkanes of at least 4 members (excludes halogenated alkanes) is 1. The molecule has 0 fully saturated rings. The molecule has 4 heterocycles. The first-order valence-electron chi connectivity index (χ1n) is 11.6. The Kier molecular flexibility index (Phi) is 9.20. The highest BCUT2D eigenvalue weighted by molar-refractivity contribution is 7.99. The van der Waals surface area contributed by atoms with E-state index in [4.69, 9.17) is 56.4 Å². The number of anilines is 1. The lowest BCUT2D eigenvalue weighted by molar-refractivity contribution is 0.693. The summed E-state index contributed by atoms with van der Waals surface area (Å²) < 4.78 is 2.67. The second kappa shape index (κ2) is 12.2. The first-order valence-corrected chi connectivity index (χ1v) is 14.1. The Morgan fingerprint density at radius 2 is 1.29 bits per heavy atom. The van der Waals surface area contributed by atoms with E-state index in [1.807, 2.05) is 14.1 Å². The van der Waals surface area contributed by atoms with Crippen molar-refractivity contribution >= 4 is 75.1 Å². The maximum Gasteiger partial charge on any atom is 0.318 e. The van der Waals surface area contributed by atoms with E-state index in [0.717, 1.165) is 18.6 Å². The average Bonchev–Trinajstić information content (AvgIpc) is 2.83. The van der Waals surface area contributed by atoms with Crippen molar-refractivity contribution < 1.29 is 0 Å². The predicted molar refractivity (Wildman–Crippen MR) is 155 cm³/mol. The highest BCUT2D eigenvalue weighted by Crippen LogP contribution is 2.27. The van der Waals surface area contributed by atoms with E-state index in [2.05, 4.69) is 16.9 Å². The fourth-order valence-corrected chi connectivity index (χ4v) is 5.76. The number of hydrogen-bond donors (Lipinski definition) is 0. The maximum absolute atomic E-state index is 13.6. The molecule has 0 aliphatic carbocycles. The van der Waals surface area contributed by atoms with Crippen molar-refractivity contribution in [3.05, 3.63) is 76.7 Å². The highest BCUT2D eigenvalue weighted by Gasteiger charge is 2.22. The number of halogens is 4. The highest BCUT2D eigenvalue weighted by atomic mass is 35.5. The minimum atomic E-state index is -0.763. The van der Waals surface area contributed by atoms with Crippen molar-refractivity contribution in [1.29, 1.82) is 0 Å². The van der Waals surface area contributed by atoms with Gasteiger partial charge in [-0.25, -0.2) is 19.9 Å². The van der Waals surface area contributed by atoms with Crippen LogP contribution in [0.1, 0.15) is 30.9 Å². The van der Waals surface area contributed by atoms with Crippen LogP contribution in [0.3, 0.4) is 0 Å². The number of hydrogen-bond acceptors (Lipinski definition) is 8. The zero-order chi connectivity index (χ0) is 27.6. The molecule has 38 heavy (non-hydrogen) atoms. The molecule has 0 N–H and O–H groups in total. The van der Waals surface area contributed by atoms with Crippen LogP contribution in [0.25, 0.3) is 11.2 Å². The summed E-state index contributed by atoms with van der Waals surface area (Å²) in [4.78, 5) is 46.3. The zero-order valence-electron chi connectivity index (χ0n) is 20.7. The van der Waals surface area contributed by atoms with E-state index in [-0.39, 0.29) is 33.7 Å². The second-order valence-electron chi connectivity index (χ2n) is 8.62. The van der Waals surface area contributed by atoms with Crippen LogP contribution in [0, 0.1) is 0 Å². The van der Waals surface area contributed by atoms with E-state index in [1.54, 1.807) is 29.2 Å². The largest absolute Gasteiger partial charge is 0.361 e. The van der Waals surface area contributed by atoms with Gasteiger partial charge in [0.05, 0.1) is 13.1 Å². The SMILES string of the molecule is CCCCSc1nc(N(C)C)c2c(n1)n(Cc1cc(Cl)nc(Cl)c1)c(=O)c(=O)n2Cc1cc(Cl)nc(Cl)c1. The molecule has 0 spiro atoms. The summed E-state index contributed by atoms with van der Waals surface area (Å²) in [5, 5.41) is 1.17. The number of pyridine rings is 2. The maximum atomic E-state index is 13.6. The Morgan fingerprint density at radius 3 is 1.79 bits per heavy atom. The van der Waals surface area contributed by atoms with Gasteiger partial charge in [0.1, 0.15) is 26.1 Å². The minimum Gasteiger partial charge on any atom is -0.361 e. The van der Waals surface area contributed by atoms with Crippen molar-refractivity contribution in [1.82, 2.24) is 29.1 Å². The van der Waals surface area contributed by atoms with Gasteiger partial charge in [-0.05, 0) is 41.8 Å². The molecule has 0 aliphatic heterocycles. The van der Waals surface area contributed by atoms with Crippen LogP contribution in [-0.2, 0) is 13.1 Å². The van der Waals surface area contributed by atoms with Gasteiger partial charge in [-0.1, -0.05) is 71.5 Å². The lowest BCUT2D eigenvalue weighted by Crippen LogP contribution is -2.42. The topological polar surface area (TPSA) is 98.8 Å². The third-order valence-electron chi connectivity index (χ3n) is 5.50. The van der Waals surface area contributed by atoms with Gasteiger partial charge in [-0.3, -0.25) is 18.7 Å². The van der Waals surface area contributed by atoms with Gasteiger partial charge in [-0.15, -0.1) is 0 Å². The number of fused-ring (bicyclic) bond motifs is 1. The molecule has 9 nitrogen and oxygen atoms in total. The second-order valence-corrected chi connectivity index (χ2v) is 11.2. The summed E-state index contributed by atoms with van der Waals surface area (Å²) in [6.07, 6.45) is 2.00. The van der Waals surface area contributed by atoms with Gasteiger partial charge in [0, 0.05) is 19.8 Å². The van der Waals surface area contributed by atoms with Crippen LogP contribution in [0.4, 0.5) is 5.82 Å². The Morgan fingerprint density at radius 1 is 0.789 bits per heavy atom. The monoisotopic (exact) mass is 613 g/mol.